The summed E-state index contributed by atoms with van der Waals surface area (Å²) in [5.74, 6) is 0.734. The van der Waals surface area contributed by atoms with E-state index in [-0.39, 0.29) is 5.56 Å². The second-order valence-corrected chi connectivity index (χ2v) is 6.87. The SMILES string of the molecule is CCCOc1ccnc2sc3c(=O)n(-c4ccc(C)cc4)cnc3c12. The lowest BCUT2D eigenvalue weighted by Gasteiger charge is -2.07. The normalized spacial score (nSPS) is 11.3. The summed E-state index contributed by atoms with van der Waals surface area (Å²) < 4.78 is 7.99. The number of aromatic nitrogens is 3. The van der Waals surface area contributed by atoms with Gasteiger partial charge >= 0.3 is 0 Å². The van der Waals surface area contributed by atoms with E-state index in [1.807, 2.05) is 37.3 Å². The van der Waals surface area contributed by atoms with Crippen molar-refractivity contribution < 1.29 is 4.74 Å². The molecule has 0 radical (unpaired) electrons. The van der Waals surface area contributed by atoms with Gasteiger partial charge in [-0.25, -0.2) is 9.97 Å². The number of hydrogen-bond acceptors (Lipinski definition) is 5. The summed E-state index contributed by atoms with van der Waals surface area (Å²) in [5.41, 5.74) is 2.53. The largest absolute Gasteiger partial charge is 0.493 e. The van der Waals surface area contributed by atoms with E-state index in [0.717, 1.165) is 33.6 Å². The maximum absolute atomic E-state index is 13.0. The van der Waals surface area contributed by atoms with E-state index in [4.69, 9.17) is 4.74 Å². The summed E-state index contributed by atoms with van der Waals surface area (Å²) in [5, 5.41) is 0.823. The summed E-state index contributed by atoms with van der Waals surface area (Å²) in [6.07, 6.45) is 4.21. The van der Waals surface area contributed by atoms with Gasteiger partial charge in [-0.2, -0.15) is 0 Å². The molecule has 0 atom stereocenters. The molecule has 25 heavy (non-hydrogen) atoms. The Morgan fingerprint density at radius 2 is 1.96 bits per heavy atom. The van der Waals surface area contributed by atoms with E-state index in [2.05, 4.69) is 16.9 Å². The molecule has 3 heterocycles. The van der Waals surface area contributed by atoms with Gasteiger partial charge in [0.1, 0.15) is 27.1 Å². The molecule has 0 saturated carbocycles. The number of nitrogens with zero attached hydrogens (tertiary/aromatic N) is 3. The second kappa shape index (κ2) is 6.29. The van der Waals surface area contributed by atoms with E-state index in [1.165, 1.54) is 11.3 Å². The van der Waals surface area contributed by atoms with Crippen LogP contribution in [0.3, 0.4) is 0 Å². The molecule has 0 unspecified atom stereocenters. The van der Waals surface area contributed by atoms with Gasteiger partial charge in [0.2, 0.25) is 0 Å². The van der Waals surface area contributed by atoms with Crippen LogP contribution in [-0.4, -0.2) is 21.1 Å². The minimum Gasteiger partial charge on any atom is -0.493 e. The van der Waals surface area contributed by atoms with Crippen LogP contribution in [0.25, 0.3) is 26.1 Å². The van der Waals surface area contributed by atoms with Crippen molar-refractivity contribution in [2.75, 3.05) is 6.61 Å². The van der Waals surface area contributed by atoms with Gasteiger partial charge in [-0.3, -0.25) is 9.36 Å². The molecule has 0 amide bonds. The molecule has 4 aromatic rings. The highest BCUT2D eigenvalue weighted by Gasteiger charge is 2.16. The van der Waals surface area contributed by atoms with E-state index >= 15 is 0 Å². The molecule has 0 aliphatic carbocycles. The molecule has 0 aliphatic heterocycles. The Bertz CT molecular complexity index is 1110. The molecular weight excluding hydrogens is 334 g/mol. The van der Waals surface area contributed by atoms with Crippen LogP contribution in [0.4, 0.5) is 0 Å². The Hall–Kier alpha value is -2.73. The molecule has 0 spiro atoms. The summed E-state index contributed by atoms with van der Waals surface area (Å²) in [7, 11) is 0. The van der Waals surface area contributed by atoms with Gasteiger partial charge in [-0.15, -0.1) is 11.3 Å². The zero-order chi connectivity index (χ0) is 17.4. The van der Waals surface area contributed by atoms with Crippen molar-refractivity contribution in [3.63, 3.8) is 0 Å². The van der Waals surface area contributed by atoms with Crippen molar-refractivity contribution in [1.29, 1.82) is 0 Å². The first-order valence-corrected chi connectivity index (χ1v) is 8.99. The first-order valence-electron chi connectivity index (χ1n) is 8.17. The average molecular weight is 351 g/mol. The van der Waals surface area contributed by atoms with Crippen LogP contribution in [0, 0.1) is 6.92 Å². The summed E-state index contributed by atoms with van der Waals surface area (Å²) in [6.45, 7) is 4.70. The van der Waals surface area contributed by atoms with Gasteiger partial charge in [0.15, 0.2) is 0 Å². The zero-order valence-electron chi connectivity index (χ0n) is 14.0. The van der Waals surface area contributed by atoms with Gasteiger partial charge in [-0.05, 0) is 31.5 Å². The summed E-state index contributed by atoms with van der Waals surface area (Å²) in [4.78, 5) is 22.7. The number of ether oxygens (including phenoxy) is 1. The molecule has 0 bridgehead atoms. The third-order valence-electron chi connectivity index (χ3n) is 4.02. The van der Waals surface area contributed by atoms with Gasteiger partial charge in [-0.1, -0.05) is 24.6 Å². The molecule has 0 aliphatic rings. The lowest BCUT2D eigenvalue weighted by atomic mass is 10.2. The fraction of sp³-hybridized carbons (Fsp3) is 0.211. The Balaban J connectivity index is 1.95. The maximum atomic E-state index is 13.0. The maximum Gasteiger partial charge on any atom is 0.275 e. The first kappa shape index (κ1) is 15.8. The molecule has 0 fully saturated rings. The number of pyridine rings is 1. The van der Waals surface area contributed by atoms with Crippen molar-refractivity contribution in [2.24, 2.45) is 0 Å². The predicted molar refractivity (Wildman–Crippen MR) is 101 cm³/mol. The summed E-state index contributed by atoms with van der Waals surface area (Å²) >= 11 is 1.36. The monoisotopic (exact) mass is 351 g/mol. The van der Waals surface area contributed by atoms with Gasteiger partial charge < -0.3 is 4.74 Å². The van der Waals surface area contributed by atoms with Crippen LogP contribution >= 0.6 is 11.3 Å². The molecule has 126 valence electrons. The Labute approximate surface area is 148 Å². The van der Waals surface area contributed by atoms with E-state index in [9.17, 15) is 4.79 Å². The minimum absolute atomic E-state index is 0.0849. The fourth-order valence-corrected chi connectivity index (χ4v) is 3.79. The van der Waals surface area contributed by atoms with E-state index < -0.39 is 0 Å². The number of aryl methyl sites for hydroxylation is 1. The fourth-order valence-electron chi connectivity index (χ4n) is 2.75. The zero-order valence-corrected chi connectivity index (χ0v) is 14.8. The van der Waals surface area contributed by atoms with Gasteiger partial charge in [0, 0.05) is 6.20 Å². The number of thiophene rings is 1. The van der Waals surface area contributed by atoms with Crippen LogP contribution in [0.5, 0.6) is 5.75 Å². The van der Waals surface area contributed by atoms with Crippen molar-refractivity contribution in [3.05, 3.63) is 58.8 Å². The van der Waals surface area contributed by atoms with Crippen LogP contribution < -0.4 is 10.3 Å². The standard InChI is InChI=1S/C19H17N3O2S/c1-3-10-24-14-8-9-20-18-15(14)16-17(25-18)19(23)22(11-21-16)13-6-4-12(2)5-7-13/h4-9,11H,3,10H2,1-2H3. The van der Waals surface area contributed by atoms with Crippen molar-refractivity contribution in [2.45, 2.75) is 20.3 Å². The second-order valence-electron chi connectivity index (χ2n) is 5.87. The van der Waals surface area contributed by atoms with Crippen molar-refractivity contribution in [3.8, 4) is 11.4 Å². The number of fused-ring (bicyclic) bond motifs is 3. The van der Waals surface area contributed by atoms with Crippen molar-refractivity contribution >= 4 is 31.8 Å². The van der Waals surface area contributed by atoms with E-state index in [1.54, 1.807) is 17.1 Å². The highest BCUT2D eigenvalue weighted by atomic mass is 32.1. The molecule has 3 aromatic heterocycles. The highest BCUT2D eigenvalue weighted by Crippen LogP contribution is 2.35. The molecule has 6 heteroatoms. The van der Waals surface area contributed by atoms with Gasteiger partial charge in [0.25, 0.3) is 5.56 Å². The average Bonchev–Trinajstić information content (AvgIpc) is 3.01. The smallest absolute Gasteiger partial charge is 0.275 e. The lowest BCUT2D eigenvalue weighted by Crippen LogP contribution is -2.17. The van der Waals surface area contributed by atoms with Crippen LogP contribution in [0.2, 0.25) is 0 Å². The number of rotatable bonds is 4. The Kier molecular flexibility index (Phi) is 3.97. The third kappa shape index (κ3) is 2.68. The molecule has 4 rings (SSSR count). The molecule has 5 nitrogen and oxygen atoms in total. The van der Waals surface area contributed by atoms with Crippen molar-refractivity contribution in [1.82, 2.24) is 14.5 Å². The minimum atomic E-state index is -0.0849. The lowest BCUT2D eigenvalue weighted by molar-refractivity contribution is 0.321. The third-order valence-corrected chi connectivity index (χ3v) is 5.09. The van der Waals surface area contributed by atoms with Crippen LogP contribution in [-0.2, 0) is 0 Å². The predicted octanol–water partition coefficient (Wildman–Crippen LogP) is 4.09. The number of hydrogen-bond donors (Lipinski definition) is 0. The van der Waals surface area contributed by atoms with Crippen LogP contribution in [0.1, 0.15) is 18.9 Å². The quantitative estimate of drug-likeness (QED) is 0.556. The molecule has 1 aromatic carbocycles. The topological polar surface area (TPSA) is 57.0 Å². The molecular formula is C19H17N3O2S. The molecule has 0 saturated heterocycles. The van der Waals surface area contributed by atoms with Crippen LogP contribution in [0.15, 0.2) is 47.7 Å². The van der Waals surface area contributed by atoms with E-state index in [0.29, 0.717) is 16.8 Å². The number of benzene rings is 1. The Morgan fingerprint density at radius 3 is 2.72 bits per heavy atom. The molecule has 0 N–H and O–H groups in total. The summed E-state index contributed by atoms with van der Waals surface area (Å²) in [6, 6.07) is 9.64. The first-order chi connectivity index (χ1) is 12.2. The van der Waals surface area contributed by atoms with Gasteiger partial charge in [0.05, 0.1) is 17.7 Å². The highest BCUT2D eigenvalue weighted by molar-refractivity contribution is 7.25. The Morgan fingerprint density at radius 1 is 1.16 bits per heavy atom.